The van der Waals surface area contributed by atoms with Crippen LogP contribution in [0.2, 0.25) is 0 Å². The van der Waals surface area contributed by atoms with Crippen molar-refractivity contribution in [3.63, 3.8) is 0 Å². The molecule has 1 fully saturated rings. The van der Waals surface area contributed by atoms with Crippen LogP contribution in [0, 0.1) is 5.92 Å². The molecule has 2 aromatic heterocycles. The lowest BCUT2D eigenvalue weighted by molar-refractivity contribution is -0.121. The van der Waals surface area contributed by atoms with Gasteiger partial charge >= 0.3 is 0 Å². The Bertz CT molecular complexity index is 611. The molecule has 1 atom stereocenters. The smallest absolute Gasteiger partial charge is 0.230 e. The normalized spacial score (nSPS) is 19.2. The van der Waals surface area contributed by atoms with Crippen LogP contribution in [0.5, 0.6) is 0 Å². The van der Waals surface area contributed by atoms with E-state index in [4.69, 9.17) is 0 Å². The van der Waals surface area contributed by atoms with Gasteiger partial charge in [0.05, 0.1) is 16.6 Å². The minimum atomic E-state index is 0.0435. The van der Waals surface area contributed by atoms with Crippen LogP contribution in [0.25, 0.3) is 0 Å². The maximum Gasteiger partial charge on any atom is 0.230 e. The molecule has 1 amide bonds. The van der Waals surface area contributed by atoms with E-state index in [1.54, 1.807) is 17.5 Å². The SMILES string of the molecule is CCc1nc(CN2CCC[C@@H](C(=O)Nc3nccs3)C2)cs1. The molecule has 118 valence electrons. The standard InChI is InChI=1S/C15H20N4OS2/c1-2-13-17-12(10-22-13)9-19-6-3-4-11(8-19)14(20)18-15-16-5-7-21-15/h5,7,10-11H,2-4,6,8-9H2,1H3,(H,16,18,20)/t11-/m1/s1. The third-order valence-corrected chi connectivity index (χ3v) is 5.56. The molecule has 3 heterocycles. The Morgan fingerprint density at radius 1 is 1.50 bits per heavy atom. The molecule has 0 radical (unpaired) electrons. The van der Waals surface area contributed by atoms with Crippen LogP contribution < -0.4 is 5.32 Å². The van der Waals surface area contributed by atoms with Crippen molar-refractivity contribution >= 4 is 33.7 Å². The van der Waals surface area contributed by atoms with Gasteiger partial charge in [-0.1, -0.05) is 6.92 Å². The average Bonchev–Trinajstić information content (AvgIpc) is 3.19. The molecule has 7 heteroatoms. The number of thiazole rings is 2. The predicted octanol–water partition coefficient (Wildman–Crippen LogP) is 3.01. The average molecular weight is 336 g/mol. The molecule has 22 heavy (non-hydrogen) atoms. The molecular weight excluding hydrogens is 316 g/mol. The molecule has 3 rings (SSSR count). The second-order valence-electron chi connectivity index (χ2n) is 5.49. The predicted molar refractivity (Wildman–Crippen MR) is 90.2 cm³/mol. The van der Waals surface area contributed by atoms with Gasteiger partial charge in [-0.2, -0.15) is 0 Å². The third kappa shape index (κ3) is 3.91. The van der Waals surface area contributed by atoms with Crippen molar-refractivity contribution in [2.24, 2.45) is 5.92 Å². The van der Waals surface area contributed by atoms with Gasteiger partial charge in [0.25, 0.3) is 0 Å². The zero-order chi connectivity index (χ0) is 15.4. The van der Waals surface area contributed by atoms with Gasteiger partial charge in [0.1, 0.15) is 0 Å². The zero-order valence-corrected chi connectivity index (χ0v) is 14.3. The van der Waals surface area contributed by atoms with Crippen molar-refractivity contribution in [1.29, 1.82) is 0 Å². The topological polar surface area (TPSA) is 58.1 Å². The van der Waals surface area contributed by atoms with Crippen molar-refractivity contribution in [3.8, 4) is 0 Å². The number of nitrogens with zero attached hydrogens (tertiary/aromatic N) is 3. The van der Waals surface area contributed by atoms with Crippen molar-refractivity contribution < 1.29 is 4.79 Å². The number of nitrogens with one attached hydrogen (secondary N) is 1. The van der Waals surface area contributed by atoms with E-state index >= 15 is 0 Å². The van der Waals surface area contributed by atoms with Crippen LogP contribution in [-0.4, -0.2) is 33.9 Å². The summed E-state index contributed by atoms with van der Waals surface area (Å²) in [5, 5.41) is 8.80. The Kier molecular flexibility index (Phi) is 5.17. The van der Waals surface area contributed by atoms with E-state index in [0.29, 0.717) is 5.13 Å². The molecule has 0 saturated carbocycles. The number of amides is 1. The summed E-state index contributed by atoms with van der Waals surface area (Å²) < 4.78 is 0. The van der Waals surface area contributed by atoms with E-state index in [0.717, 1.165) is 44.6 Å². The van der Waals surface area contributed by atoms with Gasteiger partial charge < -0.3 is 5.32 Å². The van der Waals surface area contributed by atoms with E-state index in [1.165, 1.54) is 16.3 Å². The molecular formula is C15H20N4OS2. The maximum atomic E-state index is 12.3. The highest BCUT2D eigenvalue weighted by molar-refractivity contribution is 7.13. The highest BCUT2D eigenvalue weighted by Crippen LogP contribution is 2.21. The van der Waals surface area contributed by atoms with E-state index in [2.05, 4.69) is 32.5 Å². The van der Waals surface area contributed by atoms with E-state index in [-0.39, 0.29) is 11.8 Å². The summed E-state index contributed by atoms with van der Waals surface area (Å²) in [5.41, 5.74) is 1.13. The van der Waals surface area contributed by atoms with Gasteiger partial charge in [-0.15, -0.1) is 22.7 Å². The lowest BCUT2D eigenvalue weighted by atomic mass is 9.97. The summed E-state index contributed by atoms with van der Waals surface area (Å²) in [6, 6.07) is 0. The fourth-order valence-electron chi connectivity index (χ4n) is 2.72. The van der Waals surface area contributed by atoms with Crippen molar-refractivity contribution in [3.05, 3.63) is 27.7 Å². The molecule has 0 aliphatic carbocycles. The second kappa shape index (κ2) is 7.30. The molecule has 0 unspecified atom stereocenters. The minimum absolute atomic E-state index is 0.0435. The van der Waals surface area contributed by atoms with E-state index in [9.17, 15) is 4.79 Å². The summed E-state index contributed by atoms with van der Waals surface area (Å²) in [7, 11) is 0. The Hall–Kier alpha value is -1.31. The monoisotopic (exact) mass is 336 g/mol. The number of likely N-dealkylation sites (tertiary alicyclic amines) is 1. The van der Waals surface area contributed by atoms with E-state index < -0.39 is 0 Å². The highest BCUT2D eigenvalue weighted by atomic mass is 32.1. The van der Waals surface area contributed by atoms with Crippen LogP contribution >= 0.6 is 22.7 Å². The van der Waals surface area contributed by atoms with Gasteiger partial charge in [0.15, 0.2) is 5.13 Å². The fraction of sp³-hybridized carbons (Fsp3) is 0.533. The molecule has 2 aromatic rings. The number of carbonyl (C=O) groups excluding carboxylic acids is 1. The first-order valence-electron chi connectivity index (χ1n) is 7.60. The summed E-state index contributed by atoms with van der Waals surface area (Å²) >= 11 is 3.18. The van der Waals surface area contributed by atoms with Crippen molar-refractivity contribution in [2.75, 3.05) is 18.4 Å². The Morgan fingerprint density at radius 3 is 3.14 bits per heavy atom. The van der Waals surface area contributed by atoms with Crippen LogP contribution in [0.1, 0.15) is 30.5 Å². The minimum Gasteiger partial charge on any atom is -0.302 e. The first-order chi connectivity index (χ1) is 10.7. The third-order valence-electron chi connectivity index (χ3n) is 3.83. The number of hydrogen-bond donors (Lipinski definition) is 1. The first-order valence-corrected chi connectivity index (χ1v) is 9.36. The number of anilines is 1. The Labute approximate surface area is 138 Å². The van der Waals surface area contributed by atoms with Gasteiger partial charge in [-0.05, 0) is 25.8 Å². The second-order valence-corrected chi connectivity index (χ2v) is 7.32. The number of aromatic nitrogens is 2. The van der Waals surface area contributed by atoms with Crippen molar-refractivity contribution in [2.45, 2.75) is 32.7 Å². The van der Waals surface area contributed by atoms with Gasteiger partial charge in [0, 0.05) is 30.0 Å². The largest absolute Gasteiger partial charge is 0.302 e. The van der Waals surface area contributed by atoms with Crippen LogP contribution in [0.15, 0.2) is 17.0 Å². The number of rotatable bonds is 5. The summed E-state index contributed by atoms with van der Waals surface area (Å²) in [4.78, 5) is 23.4. The van der Waals surface area contributed by atoms with Gasteiger partial charge in [-0.25, -0.2) is 9.97 Å². The molecule has 1 aliphatic heterocycles. The molecule has 5 nitrogen and oxygen atoms in total. The number of hydrogen-bond acceptors (Lipinski definition) is 6. The molecule has 0 aromatic carbocycles. The number of piperidine rings is 1. The lowest BCUT2D eigenvalue weighted by Gasteiger charge is -2.31. The van der Waals surface area contributed by atoms with Crippen LogP contribution in [0.3, 0.4) is 0 Å². The van der Waals surface area contributed by atoms with Gasteiger partial charge in [0.2, 0.25) is 5.91 Å². The summed E-state index contributed by atoms with van der Waals surface area (Å²) in [6.07, 6.45) is 4.70. The van der Waals surface area contributed by atoms with Gasteiger partial charge in [-0.3, -0.25) is 9.69 Å². The molecule has 0 spiro atoms. The van der Waals surface area contributed by atoms with E-state index in [1.807, 2.05) is 5.38 Å². The summed E-state index contributed by atoms with van der Waals surface area (Å²) in [6.45, 7) is 4.82. The zero-order valence-electron chi connectivity index (χ0n) is 12.6. The van der Waals surface area contributed by atoms with Crippen molar-refractivity contribution in [1.82, 2.24) is 14.9 Å². The molecule has 1 N–H and O–H groups in total. The Balaban J connectivity index is 1.55. The maximum absolute atomic E-state index is 12.3. The summed E-state index contributed by atoms with van der Waals surface area (Å²) in [5.74, 6) is 0.133. The lowest BCUT2D eigenvalue weighted by Crippen LogP contribution is -2.40. The van der Waals surface area contributed by atoms with Crippen LogP contribution in [-0.2, 0) is 17.8 Å². The molecule has 0 bridgehead atoms. The number of aryl methyl sites for hydroxylation is 1. The molecule has 1 aliphatic rings. The number of carbonyl (C=O) groups is 1. The van der Waals surface area contributed by atoms with Crippen LogP contribution in [0.4, 0.5) is 5.13 Å². The first kappa shape index (κ1) is 15.6. The highest BCUT2D eigenvalue weighted by Gasteiger charge is 2.26. The Morgan fingerprint density at radius 2 is 2.41 bits per heavy atom. The fourth-order valence-corrected chi connectivity index (χ4v) is 3.99. The molecule has 1 saturated heterocycles. The quantitative estimate of drug-likeness (QED) is 0.912.